The molecule has 2 aromatic carbocycles. The van der Waals surface area contributed by atoms with Crippen molar-refractivity contribution in [2.24, 2.45) is 5.73 Å². The standard InChI is InChI=1S/C19H20ClFN2O3.C7H8FN/c20-15-16-12(9-14(21)17(15)22-7-3-1-2-4-8-22)18(24)13(19(25)26)10-23(16)11-5-6-11;8-7-4-2-1-3-6(7)5-9/h9-11H,1-8H2,(H,25,26);1-4H,5,9H2. The molecule has 35 heavy (non-hydrogen) atoms. The van der Waals surface area contributed by atoms with Gasteiger partial charge in [-0.1, -0.05) is 42.6 Å². The molecule has 0 atom stereocenters. The predicted octanol–water partition coefficient (Wildman–Crippen LogP) is 5.49. The average molecular weight is 504 g/mol. The van der Waals surface area contributed by atoms with Crippen LogP contribution in [0.1, 0.15) is 60.5 Å². The lowest BCUT2D eigenvalue weighted by molar-refractivity contribution is 0.0695. The molecule has 0 amide bonds. The van der Waals surface area contributed by atoms with Crippen LogP contribution in [0.4, 0.5) is 14.5 Å². The van der Waals surface area contributed by atoms with Crippen LogP contribution in [0, 0.1) is 11.6 Å². The molecule has 2 heterocycles. The van der Waals surface area contributed by atoms with Crippen LogP contribution in [0.5, 0.6) is 0 Å². The number of aromatic carboxylic acids is 1. The maximum atomic E-state index is 14.9. The summed E-state index contributed by atoms with van der Waals surface area (Å²) in [7, 11) is 0. The highest BCUT2D eigenvalue weighted by Gasteiger charge is 2.30. The van der Waals surface area contributed by atoms with E-state index >= 15 is 0 Å². The smallest absolute Gasteiger partial charge is 0.341 e. The number of nitrogens with two attached hydrogens (primary N) is 1. The number of rotatable bonds is 4. The van der Waals surface area contributed by atoms with Crippen molar-refractivity contribution in [1.29, 1.82) is 0 Å². The lowest BCUT2D eigenvalue weighted by Gasteiger charge is -2.26. The minimum atomic E-state index is -1.31. The van der Waals surface area contributed by atoms with E-state index in [0.717, 1.165) is 57.7 Å². The van der Waals surface area contributed by atoms with Gasteiger partial charge in [0.05, 0.1) is 21.6 Å². The summed E-state index contributed by atoms with van der Waals surface area (Å²) >= 11 is 6.63. The number of anilines is 1. The zero-order valence-corrected chi connectivity index (χ0v) is 20.0. The van der Waals surface area contributed by atoms with E-state index < -0.39 is 17.2 Å². The molecule has 1 saturated heterocycles. The Morgan fingerprint density at radius 3 is 2.29 bits per heavy atom. The minimum Gasteiger partial charge on any atom is -0.477 e. The summed E-state index contributed by atoms with van der Waals surface area (Å²) in [5.74, 6) is -2.09. The van der Waals surface area contributed by atoms with Gasteiger partial charge in [0.25, 0.3) is 0 Å². The third-order valence-corrected chi connectivity index (χ3v) is 6.81. The lowest BCUT2D eigenvalue weighted by atomic mass is 10.1. The number of hydrogen-bond acceptors (Lipinski definition) is 4. The first kappa shape index (κ1) is 25.1. The number of benzene rings is 2. The molecule has 0 bridgehead atoms. The maximum absolute atomic E-state index is 14.9. The molecule has 1 aromatic heterocycles. The van der Waals surface area contributed by atoms with Gasteiger partial charge >= 0.3 is 5.97 Å². The van der Waals surface area contributed by atoms with Gasteiger partial charge in [0.2, 0.25) is 5.43 Å². The van der Waals surface area contributed by atoms with Crippen molar-refractivity contribution in [3.05, 3.63) is 74.5 Å². The quantitative estimate of drug-likeness (QED) is 0.491. The number of hydrogen-bond donors (Lipinski definition) is 2. The van der Waals surface area contributed by atoms with Gasteiger partial charge in [-0.05, 0) is 37.8 Å². The van der Waals surface area contributed by atoms with E-state index in [1.165, 1.54) is 12.3 Å². The molecular formula is C26H28ClF2N3O3. The summed E-state index contributed by atoms with van der Waals surface area (Å²) in [6.45, 7) is 1.72. The second-order valence-corrected chi connectivity index (χ2v) is 9.31. The molecule has 1 saturated carbocycles. The van der Waals surface area contributed by atoms with Crippen molar-refractivity contribution in [2.75, 3.05) is 18.0 Å². The van der Waals surface area contributed by atoms with Crippen LogP contribution in [0.15, 0.2) is 41.3 Å². The first-order valence-corrected chi connectivity index (χ1v) is 12.2. The highest BCUT2D eigenvalue weighted by Crippen LogP contribution is 2.42. The van der Waals surface area contributed by atoms with Gasteiger partial charge in [0, 0.05) is 37.4 Å². The maximum Gasteiger partial charge on any atom is 0.341 e. The Morgan fingerprint density at radius 1 is 1.09 bits per heavy atom. The molecule has 3 aromatic rings. The molecular weight excluding hydrogens is 476 g/mol. The third kappa shape index (κ3) is 5.33. The van der Waals surface area contributed by atoms with Gasteiger partial charge in [0.15, 0.2) is 0 Å². The van der Waals surface area contributed by atoms with Crippen LogP contribution < -0.4 is 16.1 Å². The second-order valence-electron chi connectivity index (χ2n) is 8.93. The van der Waals surface area contributed by atoms with Crippen LogP contribution in [-0.2, 0) is 6.54 Å². The van der Waals surface area contributed by atoms with Crippen molar-refractivity contribution in [3.8, 4) is 0 Å². The van der Waals surface area contributed by atoms with Crippen LogP contribution in [0.3, 0.4) is 0 Å². The van der Waals surface area contributed by atoms with E-state index in [1.54, 1.807) is 22.8 Å². The highest BCUT2D eigenvalue weighted by molar-refractivity contribution is 6.38. The molecule has 1 aliphatic heterocycles. The summed E-state index contributed by atoms with van der Waals surface area (Å²) in [5.41, 5.74) is 5.53. The first-order chi connectivity index (χ1) is 16.8. The second kappa shape index (κ2) is 10.7. The van der Waals surface area contributed by atoms with E-state index in [4.69, 9.17) is 17.3 Å². The summed E-state index contributed by atoms with van der Waals surface area (Å²) in [6, 6.07) is 7.77. The van der Waals surface area contributed by atoms with Gasteiger partial charge in [0.1, 0.15) is 17.2 Å². The van der Waals surface area contributed by atoms with Crippen molar-refractivity contribution >= 4 is 34.2 Å². The number of carbonyl (C=O) groups is 1. The fourth-order valence-corrected chi connectivity index (χ4v) is 4.88. The highest BCUT2D eigenvalue weighted by atomic mass is 35.5. The Bertz CT molecular complexity index is 1300. The summed E-state index contributed by atoms with van der Waals surface area (Å²) in [4.78, 5) is 26.0. The molecule has 6 nitrogen and oxygen atoms in total. The molecule has 0 radical (unpaired) electrons. The lowest BCUT2D eigenvalue weighted by Crippen LogP contribution is -2.26. The van der Waals surface area contributed by atoms with Crippen molar-refractivity contribution < 1.29 is 18.7 Å². The Kier molecular flexibility index (Phi) is 7.72. The monoisotopic (exact) mass is 503 g/mol. The fraction of sp³-hybridized carbons (Fsp3) is 0.385. The SMILES string of the molecule is NCc1ccccc1F.O=C(O)c1cn(C2CC2)c2c(Cl)c(N3CCCCCC3)c(F)cc2c1=O. The number of aromatic nitrogens is 1. The molecule has 2 fully saturated rings. The predicted molar refractivity (Wildman–Crippen MR) is 133 cm³/mol. The fourth-order valence-electron chi connectivity index (χ4n) is 4.47. The molecule has 3 N–H and O–H groups in total. The van der Waals surface area contributed by atoms with E-state index in [0.29, 0.717) is 16.8 Å². The topological polar surface area (TPSA) is 88.6 Å². The van der Waals surface area contributed by atoms with E-state index in [2.05, 4.69) is 0 Å². The number of halogens is 3. The zero-order valence-electron chi connectivity index (χ0n) is 19.3. The Balaban J connectivity index is 0.000000271. The number of pyridine rings is 1. The normalized spacial score (nSPS) is 15.9. The number of carboxylic acid groups (broad SMARTS) is 1. The van der Waals surface area contributed by atoms with Crippen LogP contribution in [-0.4, -0.2) is 28.7 Å². The van der Waals surface area contributed by atoms with E-state index in [1.807, 2.05) is 4.90 Å². The minimum absolute atomic E-state index is 0.0397. The first-order valence-electron chi connectivity index (χ1n) is 11.8. The van der Waals surface area contributed by atoms with Crippen molar-refractivity contribution in [1.82, 2.24) is 4.57 Å². The van der Waals surface area contributed by atoms with E-state index in [-0.39, 0.29) is 34.4 Å². The Hall–Kier alpha value is -2.97. The number of carboxylic acids is 1. The van der Waals surface area contributed by atoms with Crippen molar-refractivity contribution in [2.45, 2.75) is 51.1 Å². The molecule has 0 spiro atoms. The van der Waals surface area contributed by atoms with Crippen molar-refractivity contribution in [3.63, 3.8) is 0 Å². The van der Waals surface area contributed by atoms with Gasteiger partial charge in [-0.3, -0.25) is 4.79 Å². The van der Waals surface area contributed by atoms with E-state index in [9.17, 15) is 23.5 Å². The molecule has 5 rings (SSSR count). The number of nitrogens with zero attached hydrogens (tertiary/aromatic N) is 2. The third-order valence-electron chi connectivity index (χ3n) is 6.45. The molecule has 186 valence electrons. The van der Waals surface area contributed by atoms with Gasteiger partial charge in [-0.15, -0.1) is 0 Å². The van der Waals surface area contributed by atoms with Gasteiger partial charge < -0.3 is 20.3 Å². The van der Waals surface area contributed by atoms with Crippen LogP contribution in [0.25, 0.3) is 10.9 Å². The van der Waals surface area contributed by atoms with Crippen LogP contribution in [0.2, 0.25) is 5.02 Å². The molecule has 2 aliphatic rings. The molecule has 1 aliphatic carbocycles. The molecule has 9 heteroatoms. The Labute approximate surface area is 206 Å². The molecule has 0 unspecified atom stereocenters. The largest absolute Gasteiger partial charge is 0.477 e. The summed E-state index contributed by atoms with van der Waals surface area (Å²) in [6.07, 6.45) is 7.31. The van der Waals surface area contributed by atoms with Gasteiger partial charge in [-0.2, -0.15) is 0 Å². The summed E-state index contributed by atoms with van der Waals surface area (Å²) in [5, 5.41) is 9.58. The van der Waals surface area contributed by atoms with Gasteiger partial charge in [-0.25, -0.2) is 13.6 Å². The summed E-state index contributed by atoms with van der Waals surface area (Å²) < 4.78 is 29.2. The van der Waals surface area contributed by atoms with Crippen LogP contribution >= 0.6 is 11.6 Å². The average Bonchev–Trinajstić information content (AvgIpc) is 3.68. The number of fused-ring (bicyclic) bond motifs is 1. The zero-order chi connectivity index (χ0) is 25.1. The Morgan fingerprint density at radius 2 is 1.74 bits per heavy atom.